The predicted molar refractivity (Wildman–Crippen MR) is 106 cm³/mol. The van der Waals surface area contributed by atoms with E-state index in [0.717, 1.165) is 0 Å². The number of rotatable bonds is 16. The molecule has 0 saturated heterocycles. The number of hydrogen-bond acceptors (Lipinski definition) is 3. The summed E-state index contributed by atoms with van der Waals surface area (Å²) in [6.45, 7) is 6.94. The van der Waals surface area contributed by atoms with Crippen LogP contribution in [0, 0.1) is 0 Å². The molecule has 0 aromatic carbocycles. The molecule has 0 aliphatic carbocycles. The van der Waals surface area contributed by atoms with E-state index in [9.17, 15) is 0 Å². The first-order chi connectivity index (χ1) is 11.7. The number of nitrogens with zero attached hydrogens (tertiary/aromatic N) is 1. The maximum absolute atomic E-state index is 3.22. The van der Waals surface area contributed by atoms with Gasteiger partial charge < -0.3 is 5.43 Å². The lowest BCUT2D eigenvalue weighted by molar-refractivity contribution is 0.0887. The molecule has 1 aliphatic heterocycles. The minimum Gasteiger partial charge on any atom is -0.310 e. The Balaban J connectivity index is 1.88. The molecule has 2 N–H and O–H groups in total. The van der Waals surface area contributed by atoms with Gasteiger partial charge in [0.25, 0.3) is 0 Å². The van der Waals surface area contributed by atoms with Crippen molar-refractivity contribution in [3.05, 3.63) is 12.4 Å². The van der Waals surface area contributed by atoms with Crippen molar-refractivity contribution >= 4 is 0 Å². The van der Waals surface area contributed by atoms with Gasteiger partial charge in [0.1, 0.15) is 0 Å². The molecule has 1 heterocycles. The van der Waals surface area contributed by atoms with E-state index in [1.54, 1.807) is 0 Å². The second-order valence-electron chi connectivity index (χ2n) is 7.79. The minimum atomic E-state index is 0.234. The van der Waals surface area contributed by atoms with E-state index in [-0.39, 0.29) is 5.54 Å². The number of hydrazine groups is 2. The lowest BCUT2D eigenvalue weighted by atomic mass is 9.90. The Hall–Kier alpha value is -0.700. The molecule has 1 aliphatic rings. The topological polar surface area (TPSA) is 27.3 Å². The van der Waals surface area contributed by atoms with Crippen LogP contribution in [0.4, 0.5) is 0 Å². The second-order valence-corrected chi connectivity index (χ2v) is 7.79. The lowest BCUT2D eigenvalue weighted by Gasteiger charge is -2.37. The molecule has 3 nitrogen and oxygen atoms in total. The SMILES string of the molecule is CCCCCCCCCCCCCCCC(C)(CC)N1C=CNN1. The van der Waals surface area contributed by atoms with E-state index in [0.29, 0.717) is 0 Å². The molecule has 0 spiro atoms. The largest absolute Gasteiger partial charge is 0.310 e. The average molecular weight is 338 g/mol. The van der Waals surface area contributed by atoms with Gasteiger partial charge in [0.2, 0.25) is 0 Å². The fraction of sp³-hybridized carbons (Fsp3) is 0.905. The Morgan fingerprint density at radius 1 is 0.750 bits per heavy atom. The predicted octanol–water partition coefficient (Wildman–Crippen LogP) is 6.43. The highest BCUT2D eigenvalue weighted by molar-refractivity contribution is 4.94. The summed E-state index contributed by atoms with van der Waals surface area (Å²) in [5.41, 5.74) is 6.51. The van der Waals surface area contributed by atoms with E-state index in [4.69, 9.17) is 0 Å². The number of nitrogens with one attached hydrogen (secondary N) is 2. The second kappa shape index (κ2) is 13.6. The van der Waals surface area contributed by atoms with Crippen LogP contribution in [-0.4, -0.2) is 10.5 Å². The van der Waals surface area contributed by atoms with Crippen molar-refractivity contribution in [1.82, 2.24) is 16.0 Å². The fourth-order valence-electron chi connectivity index (χ4n) is 3.56. The molecular weight excluding hydrogens is 294 g/mol. The first-order valence-corrected chi connectivity index (χ1v) is 10.7. The normalized spacial score (nSPS) is 16.4. The van der Waals surface area contributed by atoms with Crippen molar-refractivity contribution < 1.29 is 0 Å². The van der Waals surface area contributed by atoms with Gasteiger partial charge in [0, 0.05) is 12.4 Å². The smallest absolute Gasteiger partial charge is 0.0544 e. The molecule has 0 aromatic heterocycles. The van der Waals surface area contributed by atoms with Gasteiger partial charge in [-0.05, 0) is 19.8 Å². The van der Waals surface area contributed by atoms with E-state index in [1.807, 2.05) is 6.20 Å². The molecule has 1 unspecified atom stereocenters. The summed E-state index contributed by atoms with van der Waals surface area (Å²) in [6.07, 6.45) is 25.1. The Morgan fingerprint density at radius 3 is 1.67 bits per heavy atom. The molecule has 142 valence electrons. The van der Waals surface area contributed by atoms with Gasteiger partial charge in [0.05, 0.1) is 5.54 Å². The van der Waals surface area contributed by atoms with Crippen LogP contribution >= 0.6 is 0 Å². The van der Waals surface area contributed by atoms with Crippen molar-refractivity contribution in [1.29, 1.82) is 0 Å². The van der Waals surface area contributed by atoms with Crippen LogP contribution in [0.15, 0.2) is 12.4 Å². The first kappa shape index (κ1) is 21.3. The summed E-state index contributed by atoms with van der Waals surface area (Å²) in [5.74, 6) is 0. The van der Waals surface area contributed by atoms with Crippen molar-refractivity contribution in [3.63, 3.8) is 0 Å². The minimum absolute atomic E-state index is 0.234. The van der Waals surface area contributed by atoms with Crippen LogP contribution in [0.2, 0.25) is 0 Å². The lowest BCUT2D eigenvalue weighted by Crippen LogP contribution is -2.50. The van der Waals surface area contributed by atoms with E-state index >= 15 is 0 Å². The van der Waals surface area contributed by atoms with Gasteiger partial charge in [-0.3, -0.25) is 5.01 Å². The summed E-state index contributed by atoms with van der Waals surface area (Å²) in [7, 11) is 0. The van der Waals surface area contributed by atoms with Crippen LogP contribution in [0.3, 0.4) is 0 Å². The molecule has 0 amide bonds. The Morgan fingerprint density at radius 2 is 1.25 bits per heavy atom. The first-order valence-electron chi connectivity index (χ1n) is 10.7. The van der Waals surface area contributed by atoms with E-state index < -0.39 is 0 Å². The fourth-order valence-corrected chi connectivity index (χ4v) is 3.56. The summed E-state index contributed by atoms with van der Waals surface area (Å²) >= 11 is 0. The number of unbranched alkanes of at least 4 members (excludes halogenated alkanes) is 12. The third-order valence-electron chi connectivity index (χ3n) is 5.65. The number of hydrogen-bond donors (Lipinski definition) is 2. The molecule has 24 heavy (non-hydrogen) atoms. The Kier molecular flexibility index (Phi) is 12.1. The van der Waals surface area contributed by atoms with Gasteiger partial charge in [-0.15, -0.1) is 5.53 Å². The van der Waals surface area contributed by atoms with Crippen LogP contribution in [-0.2, 0) is 0 Å². The summed E-state index contributed by atoms with van der Waals surface area (Å²) in [6, 6.07) is 0. The van der Waals surface area contributed by atoms with E-state index in [1.165, 1.54) is 96.3 Å². The van der Waals surface area contributed by atoms with Gasteiger partial charge >= 0.3 is 0 Å². The zero-order chi connectivity index (χ0) is 17.5. The van der Waals surface area contributed by atoms with Crippen LogP contribution in [0.5, 0.6) is 0 Å². The van der Waals surface area contributed by atoms with Gasteiger partial charge in [-0.25, -0.2) is 0 Å². The zero-order valence-electron chi connectivity index (χ0n) is 16.7. The summed E-state index contributed by atoms with van der Waals surface area (Å²) in [4.78, 5) is 0. The molecular formula is C21H43N3. The third kappa shape index (κ3) is 8.96. The van der Waals surface area contributed by atoms with Crippen LogP contribution < -0.4 is 11.0 Å². The van der Waals surface area contributed by atoms with Gasteiger partial charge in [-0.2, -0.15) is 0 Å². The van der Waals surface area contributed by atoms with Crippen molar-refractivity contribution in [3.8, 4) is 0 Å². The molecule has 0 fully saturated rings. The quantitative estimate of drug-likeness (QED) is 0.318. The standard InChI is InChI=1S/C21H43N3/c1-4-6-7-8-9-10-11-12-13-14-15-16-17-18-21(3,5-2)24-20-19-22-23-24/h19-20,22-23H,4-18H2,1-3H3. The van der Waals surface area contributed by atoms with Crippen molar-refractivity contribution in [2.45, 2.75) is 123 Å². The maximum Gasteiger partial charge on any atom is 0.0544 e. The highest BCUT2D eigenvalue weighted by Crippen LogP contribution is 2.26. The highest BCUT2D eigenvalue weighted by Gasteiger charge is 2.28. The molecule has 0 saturated carbocycles. The summed E-state index contributed by atoms with van der Waals surface area (Å²) < 4.78 is 0. The zero-order valence-corrected chi connectivity index (χ0v) is 16.7. The maximum atomic E-state index is 3.22. The average Bonchev–Trinajstić information content (AvgIpc) is 3.14. The molecule has 0 bridgehead atoms. The van der Waals surface area contributed by atoms with E-state index in [2.05, 4.69) is 42.9 Å². The van der Waals surface area contributed by atoms with Crippen molar-refractivity contribution in [2.24, 2.45) is 0 Å². The molecule has 0 aromatic rings. The summed E-state index contributed by atoms with van der Waals surface area (Å²) in [5, 5.41) is 2.23. The molecule has 0 radical (unpaired) electrons. The third-order valence-corrected chi connectivity index (χ3v) is 5.65. The monoisotopic (exact) mass is 337 g/mol. The van der Waals surface area contributed by atoms with Crippen LogP contribution in [0.1, 0.15) is 117 Å². The molecule has 1 rings (SSSR count). The van der Waals surface area contributed by atoms with Crippen LogP contribution in [0.25, 0.3) is 0 Å². The molecule has 3 heteroatoms. The Labute approximate surface area is 151 Å². The van der Waals surface area contributed by atoms with Gasteiger partial charge in [0.15, 0.2) is 0 Å². The van der Waals surface area contributed by atoms with Crippen molar-refractivity contribution in [2.75, 3.05) is 0 Å². The van der Waals surface area contributed by atoms with Gasteiger partial charge in [-0.1, -0.05) is 97.3 Å². The Bertz CT molecular complexity index is 316. The highest BCUT2D eigenvalue weighted by atomic mass is 15.7. The molecule has 1 atom stereocenters.